The van der Waals surface area contributed by atoms with Gasteiger partial charge in [-0.2, -0.15) is 0 Å². The maximum absolute atomic E-state index is 9.18. The van der Waals surface area contributed by atoms with E-state index >= 15 is 0 Å². The van der Waals surface area contributed by atoms with E-state index < -0.39 is 0 Å². The van der Waals surface area contributed by atoms with E-state index in [0.29, 0.717) is 5.75 Å². The lowest BCUT2D eigenvalue weighted by atomic mass is 10.2. The lowest BCUT2D eigenvalue weighted by molar-refractivity contribution is 0.280. The molecule has 3 nitrogen and oxygen atoms in total. The molecule has 0 saturated carbocycles. The number of aliphatic hydroxyl groups excluding tert-OH is 1. The molecule has 0 heterocycles. The third-order valence-corrected chi connectivity index (χ3v) is 3.26. The molecule has 0 unspecified atom stereocenters. The van der Waals surface area contributed by atoms with Crippen LogP contribution in [0.2, 0.25) is 0 Å². The summed E-state index contributed by atoms with van der Waals surface area (Å²) in [6.45, 7) is -0.0274. The van der Waals surface area contributed by atoms with E-state index in [1.807, 2.05) is 36.4 Å². The third-order valence-electron chi connectivity index (χ3n) is 2.48. The average Bonchev–Trinajstić information content (AvgIpc) is 2.42. The minimum Gasteiger partial charge on any atom is -0.497 e. The summed E-state index contributed by atoms with van der Waals surface area (Å²) in [4.78, 5) is 0. The molecule has 0 fully saturated rings. The minimum atomic E-state index is -0.0274. The molecule has 0 aliphatic heterocycles. The highest BCUT2D eigenvalue weighted by Crippen LogP contribution is 2.27. The van der Waals surface area contributed by atoms with Gasteiger partial charge in [0.1, 0.15) is 17.2 Å². The number of ether oxygens (including phenoxy) is 2. The molecule has 2 rings (SSSR count). The molecule has 4 heteroatoms. The summed E-state index contributed by atoms with van der Waals surface area (Å²) in [5, 5.41) is 9.18. The first kappa shape index (κ1) is 12.9. The summed E-state index contributed by atoms with van der Waals surface area (Å²) in [5.41, 5.74) is 0.793. The fraction of sp³-hybridized carbons (Fsp3) is 0.143. The molecule has 0 aromatic heterocycles. The molecule has 0 saturated heterocycles. The van der Waals surface area contributed by atoms with Gasteiger partial charge in [0.2, 0.25) is 0 Å². The van der Waals surface area contributed by atoms with Gasteiger partial charge in [-0.15, -0.1) is 0 Å². The topological polar surface area (TPSA) is 38.7 Å². The first-order chi connectivity index (χ1) is 8.72. The molecule has 2 aromatic carbocycles. The van der Waals surface area contributed by atoms with E-state index in [0.717, 1.165) is 21.5 Å². The van der Waals surface area contributed by atoms with Crippen molar-refractivity contribution in [3.63, 3.8) is 0 Å². The third kappa shape index (κ3) is 3.03. The molecule has 94 valence electrons. The molecular formula is C14H13BrO3. The van der Waals surface area contributed by atoms with Crippen molar-refractivity contribution in [2.45, 2.75) is 6.61 Å². The predicted molar refractivity (Wildman–Crippen MR) is 73.1 cm³/mol. The Kier molecular flexibility index (Phi) is 4.23. The molecule has 0 bridgehead atoms. The van der Waals surface area contributed by atoms with Crippen molar-refractivity contribution in [1.29, 1.82) is 0 Å². The van der Waals surface area contributed by atoms with E-state index in [9.17, 15) is 5.11 Å². The molecule has 0 atom stereocenters. The zero-order chi connectivity index (χ0) is 13.0. The first-order valence-electron chi connectivity index (χ1n) is 5.44. The van der Waals surface area contributed by atoms with Crippen LogP contribution < -0.4 is 9.47 Å². The van der Waals surface area contributed by atoms with Gasteiger partial charge in [-0.3, -0.25) is 0 Å². The van der Waals surface area contributed by atoms with Crippen LogP contribution in [0.25, 0.3) is 0 Å². The van der Waals surface area contributed by atoms with Gasteiger partial charge < -0.3 is 14.6 Å². The summed E-state index contributed by atoms with van der Waals surface area (Å²) in [6, 6.07) is 12.8. The van der Waals surface area contributed by atoms with Crippen molar-refractivity contribution < 1.29 is 14.6 Å². The van der Waals surface area contributed by atoms with Crippen LogP contribution in [0, 0.1) is 0 Å². The van der Waals surface area contributed by atoms with Gasteiger partial charge in [-0.05, 0) is 48.0 Å². The van der Waals surface area contributed by atoms with E-state index in [4.69, 9.17) is 9.47 Å². The van der Waals surface area contributed by atoms with Gasteiger partial charge in [0, 0.05) is 4.47 Å². The maximum Gasteiger partial charge on any atom is 0.127 e. The summed E-state index contributed by atoms with van der Waals surface area (Å²) in [7, 11) is 1.62. The van der Waals surface area contributed by atoms with Crippen LogP contribution in [0.1, 0.15) is 5.56 Å². The smallest absolute Gasteiger partial charge is 0.127 e. The van der Waals surface area contributed by atoms with Crippen molar-refractivity contribution in [1.82, 2.24) is 0 Å². The minimum absolute atomic E-state index is 0.0274. The summed E-state index contributed by atoms with van der Waals surface area (Å²) >= 11 is 3.36. The lowest BCUT2D eigenvalue weighted by Gasteiger charge is -2.08. The van der Waals surface area contributed by atoms with E-state index in [1.54, 1.807) is 13.2 Å². The van der Waals surface area contributed by atoms with Crippen molar-refractivity contribution >= 4 is 15.9 Å². The SMILES string of the molecule is COc1ccc(Oc2ccc(Br)c(CO)c2)cc1. The van der Waals surface area contributed by atoms with Crippen molar-refractivity contribution in [2.75, 3.05) is 7.11 Å². The van der Waals surface area contributed by atoms with Gasteiger partial charge in [-0.25, -0.2) is 0 Å². The standard InChI is InChI=1S/C14H13BrO3/c1-17-11-2-4-12(5-3-11)18-13-6-7-14(15)10(8-13)9-16/h2-8,16H,9H2,1H3. The number of halogens is 1. The molecular weight excluding hydrogens is 296 g/mol. The molecule has 0 aliphatic rings. The van der Waals surface area contributed by atoms with Crippen LogP contribution in [0.3, 0.4) is 0 Å². The largest absolute Gasteiger partial charge is 0.497 e. The summed E-state index contributed by atoms with van der Waals surface area (Å²) < 4.78 is 11.6. The molecule has 18 heavy (non-hydrogen) atoms. The Balaban J connectivity index is 2.17. The Morgan fingerprint density at radius 2 is 1.61 bits per heavy atom. The lowest BCUT2D eigenvalue weighted by Crippen LogP contribution is -1.89. The van der Waals surface area contributed by atoms with Crippen molar-refractivity contribution in [3.05, 3.63) is 52.5 Å². The van der Waals surface area contributed by atoms with Crippen LogP contribution in [0.5, 0.6) is 17.2 Å². The number of methoxy groups -OCH3 is 1. The monoisotopic (exact) mass is 308 g/mol. The Hall–Kier alpha value is -1.52. The Bertz CT molecular complexity index is 523. The van der Waals surface area contributed by atoms with Crippen LogP contribution in [0.4, 0.5) is 0 Å². The van der Waals surface area contributed by atoms with Crippen molar-refractivity contribution in [2.24, 2.45) is 0 Å². The Morgan fingerprint density at radius 1 is 1.00 bits per heavy atom. The van der Waals surface area contributed by atoms with E-state index in [1.165, 1.54) is 0 Å². The highest BCUT2D eigenvalue weighted by molar-refractivity contribution is 9.10. The number of benzene rings is 2. The second kappa shape index (κ2) is 5.89. The molecule has 0 spiro atoms. The fourth-order valence-electron chi connectivity index (χ4n) is 1.52. The van der Waals surface area contributed by atoms with Gasteiger partial charge in [0.15, 0.2) is 0 Å². The highest BCUT2D eigenvalue weighted by Gasteiger charge is 2.03. The van der Waals surface area contributed by atoms with Crippen LogP contribution in [-0.2, 0) is 6.61 Å². The normalized spacial score (nSPS) is 10.2. The van der Waals surface area contributed by atoms with Crippen LogP contribution in [-0.4, -0.2) is 12.2 Å². The second-order valence-corrected chi connectivity index (χ2v) is 4.54. The number of rotatable bonds is 4. The Labute approximate surface area is 114 Å². The number of aliphatic hydroxyl groups is 1. The predicted octanol–water partition coefficient (Wildman–Crippen LogP) is 3.74. The van der Waals surface area contributed by atoms with Crippen LogP contribution >= 0.6 is 15.9 Å². The zero-order valence-electron chi connectivity index (χ0n) is 9.89. The first-order valence-corrected chi connectivity index (χ1v) is 6.23. The maximum atomic E-state index is 9.18. The summed E-state index contributed by atoms with van der Waals surface area (Å²) in [5.74, 6) is 2.20. The average molecular weight is 309 g/mol. The quantitative estimate of drug-likeness (QED) is 0.935. The van der Waals surface area contributed by atoms with E-state index in [2.05, 4.69) is 15.9 Å². The molecule has 0 amide bonds. The second-order valence-electron chi connectivity index (χ2n) is 3.69. The molecule has 0 radical (unpaired) electrons. The van der Waals surface area contributed by atoms with Gasteiger partial charge in [0.25, 0.3) is 0 Å². The number of hydrogen-bond donors (Lipinski definition) is 1. The zero-order valence-corrected chi connectivity index (χ0v) is 11.5. The van der Waals surface area contributed by atoms with Gasteiger partial charge >= 0.3 is 0 Å². The summed E-state index contributed by atoms with van der Waals surface area (Å²) in [6.07, 6.45) is 0. The van der Waals surface area contributed by atoms with E-state index in [-0.39, 0.29) is 6.61 Å². The Morgan fingerprint density at radius 3 is 2.22 bits per heavy atom. The van der Waals surface area contributed by atoms with Crippen LogP contribution in [0.15, 0.2) is 46.9 Å². The highest BCUT2D eigenvalue weighted by atomic mass is 79.9. The molecule has 1 N–H and O–H groups in total. The number of hydrogen-bond acceptors (Lipinski definition) is 3. The van der Waals surface area contributed by atoms with Gasteiger partial charge in [0.05, 0.1) is 13.7 Å². The van der Waals surface area contributed by atoms with Crippen molar-refractivity contribution in [3.8, 4) is 17.2 Å². The molecule has 2 aromatic rings. The molecule has 0 aliphatic carbocycles. The fourth-order valence-corrected chi connectivity index (χ4v) is 1.89. The van der Waals surface area contributed by atoms with Gasteiger partial charge in [-0.1, -0.05) is 15.9 Å².